The van der Waals surface area contributed by atoms with Gasteiger partial charge in [0.15, 0.2) is 0 Å². The molecular weight excluding hydrogens is 348 g/mol. The third kappa shape index (κ3) is 5.70. The molecule has 4 nitrogen and oxygen atoms in total. The van der Waals surface area contributed by atoms with Crippen LogP contribution in [0.15, 0.2) is 36.0 Å². The second kappa shape index (κ2) is 9.90. The fraction of sp³-hybridized carbons (Fsp3) is 0.583. The topological polar surface area (TPSA) is 58.2 Å². The van der Waals surface area contributed by atoms with Gasteiger partial charge in [-0.1, -0.05) is 62.3 Å². The van der Waals surface area contributed by atoms with Gasteiger partial charge in [0, 0.05) is 11.4 Å². The van der Waals surface area contributed by atoms with E-state index in [1.165, 1.54) is 44.9 Å². The largest absolute Gasteiger partial charge is 0.329 e. The molecule has 1 aromatic carbocycles. The summed E-state index contributed by atoms with van der Waals surface area (Å²) in [7, 11) is 0. The van der Waals surface area contributed by atoms with E-state index >= 15 is 0 Å². The molecule has 3 rings (SSSR count). The van der Waals surface area contributed by atoms with Crippen molar-refractivity contribution in [1.82, 2.24) is 5.32 Å². The summed E-state index contributed by atoms with van der Waals surface area (Å²) < 4.78 is 0. The Morgan fingerprint density at radius 1 is 0.786 bits per heavy atom. The lowest BCUT2D eigenvalue weighted by Gasteiger charge is -2.18. The minimum Gasteiger partial charge on any atom is -0.329 e. The van der Waals surface area contributed by atoms with Crippen molar-refractivity contribution in [2.24, 2.45) is 5.41 Å². The molecule has 0 aliphatic heterocycles. The number of carbonyl (C=O) groups is 2. The van der Waals surface area contributed by atoms with Crippen LogP contribution in [0.1, 0.15) is 82.6 Å². The lowest BCUT2D eigenvalue weighted by molar-refractivity contribution is -0.133. The first-order valence-electron chi connectivity index (χ1n) is 11.0. The van der Waals surface area contributed by atoms with Crippen LogP contribution in [0.25, 0.3) is 0 Å². The Labute approximate surface area is 169 Å². The highest BCUT2D eigenvalue weighted by atomic mass is 16.2. The van der Waals surface area contributed by atoms with Crippen LogP contribution < -0.4 is 10.6 Å². The van der Waals surface area contributed by atoms with Crippen molar-refractivity contribution in [1.29, 1.82) is 0 Å². The van der Waals surface area contributed by atoms with Crippen LogP contribution in [0.3, 0.4) is 0 Å². The van der Waals surface area contributed by atoms with E-state index in [4.69, 9.17) is 0 Å². The molecule has 2 aliphatic carbocycles. The maximum Gasteiger partial charge on any atom is 0.240 e. The Morgan fingerprint density at radius 3 is 2.00 bits per heavy atom. The average molecular weight is 383 g/mol. The lowest BCUT2D eigenvalue weighted by Crippen LogP contribution is -2.39. The summed E-state index contributed by atoms with van der Waals surface area (Å²) in [6, 6.07) is 7.70. The molecule has 2 amide bonds. The van der Waals surface area contributed by atoms with E-state index in [0.717, 1.165) is 36.2 Å². The molecule has 1 fully saturated rings. The SMILES string of the molecule is Cc1ccc(NC(=O)C2(C(=O)N/C3=C/CCCCCCCCCC3)CC2)cc1. The molecule has 1 saturated carbocycles. The van der Waals surface area contributed by atoms with E-state index in [2.05, 4.69) is 16.7 Å². The number of nitrogens with one attached hydrogen (secondary N) is 2. The van der Waals surface area contributed by atoms with Gasteiger partial charge in [-0.2, -0.15) is 0 Å². The van der Waals surface area contributed by atoms with Gasteiger partial charge in [-0.15, -0.1) is 0 Å². The molecule has 0 unspecified atom stereocenters. The Kier molecular flexibility index (Phi) is 7.30. The van der Waals surface area contributed by atoms with Gasteiger partial charge in [0.1, 0.15) is 5.41 Å². The Bertz CT molecular complexity index is 702. The predicted octanol–water partition coefficient (Wildman–Crippen LogP) is 5.63. The van der Waals surface area contributed by atoms with E-state index in [9.17, 15) is 9.59 Å². The number of benzene rings is 1. The van der Waals surface area contributed by atoms with Gasteiger partial charge in [-0.3, -0.25) is 9.59 Å². The van der Waals surface area contributed by atoms with Crippen LogP contribution in [0.4, 0.5) is 5.69 Å². The first kappa shape index (κ1) is 20.6. The molecule has 0 spiro atoms. The van der Waals surface area contributed by atoms with E-state index in [1.807, 2.05) is 31.2 Å². The van der Waals surface area contributed by atoms with Crippen LogP contribution >= 0.6 is 0 Å². The third-order valence-corrected chi connectivity index (χ3v) is 5.99. The summed E-state index contributed by atoms with van der Waals surface area (Å²) >= 11 is 0. The molecule has 0 aromatic heterocycles. The maximum atomic E-state index is 12.9. The van der Waals surface area contributed by atoms with E-state index in [-0.39, 0.29) is 11.8 Å². The molecular formula is C24H34N2O2. The quantitative estimate of drug-likeness (QED) is 0.663. The van der Waals surface area contributed by atoms with Gasteiger partial charge in [0.2, 0.25) is 11.8 Å². The van der Waals surface area contributed by atoms with Crippen molar-refractivity contribution in [2.75, 3.05) is 5.32 Å². The highest BCUT2D eigenvalue weighted by Crippen LogP contribution is 2.47. The van der Waals surface area contributed by atoms with Crippen LogP contribution in [-0.2, 0) is 9.59 Å². The standard InChI is InChI=1S/C24H34N2O2/c1-19-13-15-21(16-14-19)26-23(28)24(17-18-24)22(27)25-20-11-9-7-5-3-2-4-6-8-10-12-20/h11,13-16H,2-10,12,17-18H2,1H3,(H,25,27)(H,26,28)/b20-11+. The zero-order valence-corrected chi connectivity index (χ0v) is 17.2. The molecule has 2 N–H and O–H groups in total. The van der Waals surface area contributed by atoms with E-state index < -0.39 is 5.41 Å². The normalized spacial score (nSPS) is 22.0. The number of carbonyl (C=O) groups excluding carboxylic acids is 2. The number of allylic oxidation sites excluding steroid dienone is 2. The van der Waals surface area contributed by atoms with Crippen molar-refractivity contribution in [3.05, 3.63) is 41.6 Å². The second-order valence-corrected chi connectivity index (χ2v) is 8.45. The van der Waals surface area contributed by atoms with Crippen molar-refractivity contribution in [2.45, 2.75) is 84.0 Å². The molecule has 0 heterocycles. The number of aryl methyl sites for hydroxylation is 1. The number of amides is 2. The van der Waals surface area contributed by atoms with Crippen molar-refractivity contribution < 1.29 is 9.59 Å². The number of hydrogen-bond donors (Lipinski definition) is 2. The molecule has 0 atom stereocenters. The second-order valence-electron chi connectivity index (χ2n) is 8.45. The maximum absolute atomic E-state index is 12.9. The van der Waals surface area contributed by atoms with Crippen molar-refractivity contribution in [3.8, 4) is 0 Å². The van der Waals surface area contributed by atoms with Crippen LogP contribution in [-0.4, -0.2) is 11.8 Å². The van der Waals surface area contributed by atoms with E-state index in [1.54, 1.807) is 0 Å². The predicted molar refractivity (Wildman–Crippen MR) is 114 cm³/mol. The lowest BCUT2D eigenvalue weighted by atomic mass is 10.0. The Balaban J connectivity index is 1.59. The first-order chi connectivity index (χ1) is 13.6. The summed E-state index contributed by atoms with van der Waals surface area (Å²) in [5, 5.41) is 6.04. The van der Waals surface area contributed by atoms with Gasteiger partial charge in [0.05, 0.1) is 0 Å². The molecule has 4 heteroatoms. The van der Waals surface area contributed by atoms with Crippen molar-refractivity contribution >= 4 is 17.5 Å². The summed E-state index contributed by atoms with van der Waals surface area (Å²) in [4.78, 5) is 25.7. The average Bonchev–Trinajstić information content (AvgIpc) is 3.48. The molecule has 152 valence electrons. The summed E-state index contributed by atoms with van der Waals surface area (Å²) in [6.45, 7) is 2.01. The molecule has 1 aromatic rings. The van der Waals surface area contributed by atoms with Gasteiger partial charge in [-0.05, 0) is 57.6 Å². The molecule has 0 saturated heterocycles. The Morgan fingerprint density at radius 2 is 1.36 bits per heavy atom. The smallest absolute Gasteiger partial charge is 0.240 e. The highest BCUT2D eigenvalue weighted by Gasteiger charge is 2.56. The zero-order valence-electron chi connectivity index (χ0n) is 17.2. The number of hydrogen-bond acceptors (Lipinski definition) is 2. The molecule has 0 radical (unpaired) electrons. The third-order valence-electron chi connectivity index (χ3n) is 5.99. The summed E-state index contributed by atoms with van der Waals surface area (Å²) in [5.41, 5.74) is 2.02. The van der Waals surface area contributed by atoms with Crippen LogP contribution in [0, 0.1) is 12.3 Å². The number of rotatable bonds is 4. The summed E-state index contributed by atoms with van der Waals surface area (Å²) in [6.07, 6.45) is 15.4. The zero-order chi connectivity index (χ0) is 19.8. The fourth-order valence-electron chi connectivity index (χ4n) is 3.85. The van der Waals surface area contributed by atoms with Crippen molar-refractivity contribution in [3.63, 3.8) is 0 Å². The van der Waals surface area contributed by atoms with Gasteiger partial charge < -0.3 is 10.6 Å². The molecule has 2 aliphatic rings. The van der Waals surface area contributed by atoms with Gasteiger partial charge in [0.25, 0.3) is 0 Å². The van der Waals surface area contributed by atoms with Crippen LogP contribution in [0.5, 0.6) is 0 Å². The Hall–Kier alpha value is -2.10. The molecule has 0 bridgehead atoms. The first-order valence-corrected chi connectivity index (χ1v) is 11.0. The minimum absolute atomic E-state index is 0.129. The highest BCUT2D eigenvalue weighted by molar-refractivity contribution is 6.13. The minimum atomic E-state index is -0.893. The number of anilines is 1. The molecule has 28 heavy (non-hydrogen) atoms. The van der Waals surface area contributed by atoms with Gasteiger partial charge >= 0.3 is 0 Å². The fourth-order valence-corrected chi connectivity index (χ4v) is 3.85. The van der Waals surface area contributed by atoms with Gasteiger partial charge in [-0.25, -0.2) is 0 Å². The van der Waals surface area contributed by atoms with E-state index in [0.29, 0.717) is 12.8 Å². The summed E-state index contributed by atoms with van der Waals surface area (Å²) in [5.74, 6) is -0.307. The van der Waals surface area contributed by atoms with Crippen LogP contribution in [0.2, 0.25) is 0 Å². The monoisotopic (exact) mass is 382 g/mol.